The molecule has 35 heavy (non-hydrogen) atoms. The van der Waals surface area contributed by atoms with Gasteiger partial charge in [-0.3, -0.25) is 4.79 Å². The second kappa shape index (κ2) is 9.36. The van der Waals surface area contributed by atoms with Gasteiger partial charge in [-0.15, -0.1) is 0 Å². The first kappa shape index (κ1) is 23.4. The molecule has 7 nitrogen and oxygen atoms in total. The standard InChI is InChI=1S/C28H32N2O5/c1-28(26(32)33)14-7-15-30(28)25(31)16-18-8-6-13-24(18)29-27(34)35-17-23-21-11-4-2-9-19(21)20-10-3-5-12-22(20)23/h2-5,9-12,18,23-24H,6-8,13-17H2,1H3,(H,29,34)(H,32,33)/t18?,24?,28-/m0/s1. The lowest BCUT2D eigenvalue weighted by Crippen LogP contribution is -2.51. The predicted molar refractivity (Wildman–Crippen MR) is 131 cm³/mol. The first-order valence-corrected chi connectivity index (χ1v) is 12.5. The summed E-state index contributed by atoms with van der Waals surface area (Å²) in [6, 6.07) is 16.3. The Hall–Kier alpha value is -3.35. The number of amides is 2. The van der Waals surface area contributed by atoms with Gasteiger partial charge in [0.1, 0.15) is 12.1 Å². The predicted octanol–water partition coefficient (Wildman–Crippen LogP) is 4.55. The number of ether oxygens (including phenoxy) is 1. The van der Waals surface area contributed by atoms with E-state index in [0.717, 1.165) is 30.4 Å². The molecule has 0 spiro atoms. The number of carboxylic acids is 1. The van der Waals surface area contributed by atoms with Crippen LogP contribution < -0.4 is 5.32 Å². The Morgan fingerprint density at radius 3 is 2.34 bits per heavy atom. The van der Waals surface area contributed by atoms with Gasteiger partial charge in [0.2, 0.25) is 5.91 Å². The van der Waals surface area contributed by atoms with E-state index in [1.54, 1.807) is 6.92 Å². The average Bonchev–Trinajstić information content (AvgIpc) is 3.54. The molecule has 1 heterocycles. The third kappa shape index (κ3) is 4.28. The van der Waals surface area contributed by atoms with Crippen LogP contribution in [0.2, 0.25) is 0 Å². The van der Waals surface area contributed by atoms with Gasteiger partial charge in [-0.25, -0.2) is 9.59 Å². The number of carboxylic acid groups (broad SMARTS) is 1. The minimum atomic E-state index is -1.13. The molecule has 2 aromatic carbocycles. The summed E-state index contributed by atoms with van der Waals surface area (Å²) in [5.41, 5.74) is 3.56. The van der Waals surface area contributed by atoms with Crippen LogP contribution in [0.5, 0.6) is 0 Å². The van der Waals surface area contributed by atoms with Crippen LogP contribution in [0.1, 0.15) is 62.5 Å². The van der Waals surface area contributed by atoms with Gasteiger partial charge in [0.25, 0.3) is 0 Å². The summed E-state index contributed by atoms with van der Waals surface area (Å²) >= 11 is 0. The zero-order valence-electron chi connectivity index (χ0n) is 20.0. The van der Waals surface area contributed by atoms with E-state index in [9.17, 15) is 19.5 Å². The van der Waals surface area contributed by atoms with E-state index in [1.165, 1.54) is 16.0 Å². The van der Waals surface area contributed by atoms with Crippen LogP contribution in [-0.4, -0.2) is 52.7 Å². The molecular weight excluding hydrogens is 444 g/mol. The van der Waals surface area contributed by atoms with Crippen LogP contribution in [0.3, 0.4) is 0 Å². The summed E-state index contributed by atoms with van der Waals surface area (Å²) in [5, 5.41) is 12.6. The van der Waals surface area contributed by atoms with Gasteiger partial charge in [0.15, 0.2) is 0 Å². The smallest absolute Gasteiger partial charge is 0.407 e. The molecule has 2 aromatic rings. The summed E-state index contributed by atoms with van der Waals surface area (Å²) in [7, 11) is 0. The van der Waals surface area contributed by atoms with Crippen molar-refractivity contribution in [2.45, 2.75) is 62.9 Å². The SMILES string of the molecule is C[C@@]1(C(=O)O)CCCN1C(=O)CC1CCCC1NC(=O)OCC1c2ccccc2-c2ccccc21. The molecule has 0 radical (unpaired) electrons. The molecule has 0 aromatic heterocycles. The maximum atomic E-state index is 13.0. The number of nitrogens with one attached hydrogen (secondary N) is 1. The van der Waals surface area contributed by atoms with E-state index in [-0.39, 0.29) is 36.8 Å². The van der Waals surface area contributed by atoms with Gasteiger partial charge >= 0.3 is 12.1 Å². The quantitative estimate of drug-likeness (QED) is 0.638. The van der Waals surface area contributed by atoms with Crippen molar-refractivity contribution in [3.8, 4) is 11.1 Å². The third-order valence-corrected chi connectivity index (χ3v) is 8.15. The number of rotatable bonds is 6. The van der Waals surface area contributed by atoms with Crippen LogP contribution in [-0.2, 0) is 14.3 Å². The van der Waals surface area contributed by atoms with Crippen molar-refractivity contribution in [3.05, 3.63) is 59.7 Å². The van der Waals surface area contributed by atoms with Crippen LogP contribution in [0, 0.1) is 5.92 Å². The Labute approximate surface area is 205 Å². The van der Waals surface area contributed by atoms with Crippen LogP contribution in [0.4, 0.5) is 4.79 Å². The zero-order chi connectivity index (χ0) is 24.6. The number of likely N-dealkylation sites (tertiary alicyclic amines) is 1. The normalized spacial score (nSPS) is 25.2. The fourth-order valence-electron chi connectivity index (χ4n) is 6.18. The minimum absolute atomic E-state index is 0.00188. The zero-order valence-corrected chi connectivity index (χ0v) is 20.0. The van der Waals surface area contributed by atoms with E-state index in [4.69, 9.17) is 4.74 Å². The number of nitrogens with zero attached hydrogens (tertiary/aromatic N) is 1. The van der Waals surface area contributed by atoms with Gasteiger partial charge in [-0.05, 0) is 60.8 Å². The molecule has 1 saturated heterocycles. The largest absolute Gasteiger partial charge is 0.480 e. The molecule has 3 atom stereocenters. The van der Waals surface area contributed by atoms with Crippen LogP contribution in [0.15, 0.2) is 48.5 Å². The molecule has 1 aliphatic heterocycles. The number of hydrogen-bond acceptors (Lipinski definition) is 4. The number of hydrogen-bond donors (Lipinski definition) is 2. The first-order valence-electron chi connectivity index (χ1n) is 12.5. The second-order valence-electron chi connectivity index (χ2n) is 10.2. The monoisotopic (exact) mass is 476 g/mol. The molecule has 0 bridgehead atoms. The van der Waals surface area contributed by atoms with Gasteiger partial charge in [-0.1, -0.05) is 55.0 Å². The summed E-state index contributed by atoms with van der Waals surface area (Å²) in [6.45, 7) is 2.35. The van der Waals surface area contributed by atoms with E-state index >= 15 is 0 Å². The van der Waals surface area contributed by atoms with Crippen molar-refractivity contribution in [3.63, 3.8) is 0 Å². The highest BCUT2D eigenvalue weighted by molar-refractivity contribution is 5.87. The summed E-state index contributed by atoms with van der Waals surface area (Å²) in [6.07, 6.45) is 3.49. The van der Waals surface area contributed by atoms with E-state index < -0.39 is 17.6 Å². The molecule has 1 saturated carbocycles. The van der Waals surface area contributed by atoms with Crippen molar-refractivity contribution < 1.29 is 24.2 Å². The number of carbonyl (C=O) groups is 3. The lowest BCUT2D eigenvalue weighted by Gasteiger charge is -2.32. The van der Waals surface area contributed by atoms with E-state index in [1.807, 2.05) is 24.3 Å². The van der Waals surface area contributed by atoms with Crippen molar-refractivity contribution in [2.75, 3.05) is 13.2 Å². The fourth-order valence-corrected chi connectivity index (χ4v) is 6.18. The number of fused-ring (bicyclic) bond motifs is 3. The molecular formula is C28H32N2O5. The summed E-state index contributed by atoms with van der Waals surface area (Å²) in [5.74, 6) is -1.11. The number of aliphatic carboxylic acids is 1. The van der Waals surface area contributed by atoms with Gasteiger partial charge in [-0.2, -0.15) is 0 Å². The number of benzene rings is 2. The molecule has 2 amide bonds. The van der Waals surface area contributed by atoms with Crippen molar-refractivity contribution in [2.24, 2.45) is 5.92 Å². The topological polar surface area (TPSA) is 95.9 Å². The molecule has 2 unspecified atom stereocenters. The second-order valence-corrected chi connectivity index (χ2v) is 10.2. The lowest BCUT2D eigenvalue weighted by molar-refractivity contribution is -0.155. The number of alkyl carbamates (subject to hydrolysis) is 1. The highest BCUT2D eigenvalue weighted by Crippen LogP contribution is 2.44. The Morgan fingerprint density at radius 2 is 1.69 bits per heavy atom. The van der Waals surface area contributed by atoms with Crippen molar-refractivity contribution >= 4 is 18.0 Å². The average molecular weight is 477 g/mol. The Bertz CT molecular complexity index is 1100. The third-order valence-electron chi connectivity index (χ3n) is 8.15. The van der Waals surface area contributed by atoms with Crippen LogP contribution in [0.25, 0.3) is 11.1 Å². The van der Waals surface area contributed by atoms with Gasteiger partial charge < -0.3 is 20.1 Å². The molecule has 2 N–H and O–H groups in total. The van der Waals surface area contributed by atoms with Crippen LogP contribution >= 0.6 is 0 Å². The summed E-state index contributed by atoms with van der Waals surface area (Å²) < 4.78 is 5.70. The molecule has 2 fully saturated rings. The van der Waals surface area contributed by atoms with Crippen molar-refractivity contribution in [1.82, 2.24) is 10.2 Å². The Morgan fingerprint density at radius 1 is 1.03 bits per heavy atom. The summed E-state index contributed by atoms with van der Waals surface area (Å²) in [4.78, 5) is 39.0. The molecule has 3 aliphatic rings. The minimum Gasteiger partial charge on any atom is -0.480 e. The maximum Gasteiger partial charge on any atom is 0.407 e. The Kier molecular flexibility index (Phi) is 6.26. The maximum absolute atomic E-state index is 13.0. The van der Waals surface area contributed by atoms with Gasteiger partial charge in [0.05, 0.1) is 0 Å². The van der Waals surface area contributed by atoms with Crippen molar-refractivity contribution in [1.29, 1.82) is 0 Å². The highest BCUT2D eigenvalue weighted by atomic mass is 16.5. The highest BCUT2D eigenvalue weighted by Gasteiger charge is 2.46. The molecule has 2 aliphatic carbocycles. The number of carbonyl (C=O) groups excluding carboxylic acids is 2. The van der Waals surface area contributed by atoms with E-state index in [2.05, 4.69) is 29.6 Å². The molecule has 7 heteroatoms. The lowest BCUT2D eigenvalue weighted by atomic mass is 9.95. The Balaban J connectivity index is 1.19. The first-order chi connectivity index (χ1) is 16.9. The van der Waals surface area contributed by atoms with E-state index in [0.29, 0.717) is 19.4 Å². The molecule has 184 valence electrons. The fraction of sp³-hybridized carbons (Fsp3) is 0.464. The van der Waals surface area contributed by atoms with Gasteiger partial charge in [0, 0.05) is 24.9 Å². The molecule has 5 rings (SSSR count).